The molecule has 0 saturated heterocycles. The van der Waals surface area contributed by atoms with Crippen molar-refractivity contribution in [2.75, 3.05) is 0 Å². The first-order chi connectivity index (χ1) is 27.3. The van der Waals surface area contributed by atoms with Crippen LogP contribution in [0, 0.1) is 12.8 Å². The summed E-state index contributed by atoms with van der Waals surface area (Å²) in [6.07, 6.45) is 75.1. The summed E-state index contributed by atoms with van der Waals surface area (Å²) >= 11 is 0. The maximum Gasteiger partial charge on any atom is -0.0414 e. The summed E-state index contributed by atoms with van der Waals surface area (Å²) in [6.45, 7) is 8.77. The van der Waals surface area contributed by atoms with E-state index in [0.29, 0.717) is 0 Å². The molecule has 0 heterocycles. The Bertz CT molecular complexity index is 622. The lowest BCUT2D eigenvalue weighted by Crippen LogP contribution is -2.01. The van der Waals surface area contributed by atoms with Crippen LogP contribution in [0.1, 0.15) is 341 Å². The van der Waals surface area contributed by atoms with Gasteiger partial charge in [-0.15, -0.1) is 0 Å². The fourth-order valence-electron chi connectivity index (χ4n) is 9.30. The largest absolute Gasteiger partial charge is 0.0654 e. The third-order valence-corrected chi connectivity index (χ3v) is 13.3. The summed E-state index contributed by atoms with van der Waals surface area (Å²) in [6, 6.07) is 0. The Hall–Kier alpha value is 0. The number of hydrogen-bond donors (Lipinski definition) is 0. The lowest BCUT2D eigenvalue weighted by Gasteiger charge is -2.16. The quantitative estimate of drug-likeness (QED) is 0.0540. The Morgan fingerprint density at radius 1 is 0.200 bits per heavy atom. The zero-order chi connectivity index (χ0) is 39.6. The molecule has 0 aliphatic heterocycles. The van der Waals surface area contributed by atoms with Crippen molar-refractivity contribution in [2.24, 2.45) is 5.92 Å². The van der Waals surface area contributed by atoms with Crippen molar-refractivity contribution in [2.45, 2.75) is 341 Å². The highest BCUT2D eigenvalue weighted by Gasteiger charge is 2.08. The van der Waals surface area contributed by atoms with Crippen molar-refractivity contribution < 1.29 is 0 Å². The van der Waals surface area contributed by atoms with Crippen molar-refractivity contribution in [1.82, 2.24) is 0 Å². The Balaban J connectivity index is 3.38. The highest BCUT2D eigenvalue weighted by Crippen LogP contribution is 2.25. The minimum atomic E-state index is 0.992. The summed E-state index contributed by atoms with van der Waals surface area (Å²) in [4.78, 5) is 0. The monoisotopic (exact) mass is 772 g/mol. The van der Waals surface area contributed by atoms with Gasteiger partial charge in [-0.25, -0.2) is 0 Å². The third kappa shape index (κ3) is 50.1. The molecule has 0 saturated carbocycles. The second-order valence-electron chi connectivity index (χ2n) is 19.0. The van der Waals surface area contributed by atoms with E-state index in [1.165, 1.54) is 321 Å². The van der Waals surface area contributed by atoms with Crippen LogP contribution in [0.15, 0.2) is 0 Å². The van der Waals surface area contributed by atoms with Gasteiger partial charge < -0.3 is 0 Å². The van der Waals surface area contributed by atoms with Crippen molar-refractivity contribution in [1.29, 1.82) is 0 Å². The SMILES string of the molecule is [CH2]CCCC(CCCCCCCCCCCCCCCCCCCCCCC)CCCCCCCCCCCCCCCCCCCCCCCCCCC. The molecule has 1 radical (unpaired) electrons. The molecule has 0 bridgehead atoms. The van der Waals surface area contributed by atoms with E-state index in [-0.39, 0.29) is 0 Å². The molecular formula is C55H111. The van der Waals surface area contributed by atoms with Crippen molar-refractivity contribution in [3.8, 4) is 0 Å². The van der Waals surface area contributed by atoms with Crippen LogP contribution in [-0.4, -0.2) is 0 Å². The minimum Gasteiger partial charge on any atom is -0.0654 e. The lowest BCUT2D eigenvalue weighted by atomic mass is 9.90. The second kappa shape index (κ2) is 52.0. The molecule has 0 amide bonds. The molecule has 0 rings (SSSR count). The molecule has 0 spiro atoms. The van der Waals surface area contributed by atoms with Gasteiger partial charge in [0.1, 0.15) is 0 Å². The molecule has 0 heteroatoms. The normalized spacial score (nSPS) is 12.3. The minimum absolute atomic E-state index is 0.992. The molecule has 0 fully saturated rings. The average Bonchev–Trinajstić information content (AvgIpc) is 3.20. The van der Waals surface area contributed by atoms with E-state index in [1.54, 1.807) is 0 Å². The molecule has 0 aliphatic rings. The van der Waals surface area contributed by atoms with Gasteiger partial charge in [0.2, 0.25) is 0 Å². The topological polar surface area (TPSA) is 0 Å². The summed E-state index contributed by atoms with van der Waals surface area (Å²) in [7, 11) is 0. The van der Waals surface area contributed by atoms with Gasteiger partial charge >= 0.3 is 0 Å². The predicted molar refractivity (Wildman–Crippen MR) is 256 cm³/mol. The Morgan fingerprint density at radius 2 is 0.345 bits per heavy atom. The molecule has 0 nitrogen and oxygen atoms in total. The molecule has 55 heavy (non-hydrogen) atoms. The van der Waals surface area contributed by atoms with Gasteiger partial charge in [0.25, 0.3) is 0 Å². The van der Waals surface area contributed by atoms with Gasteiger partial charge in [0.15, 0.2) is 0 Å². The molecule has 0 aliphatic carbocycles. The van der Waals surface area contributed by atoms with Crippen LogP contribution in [0.4, 0.5) is 0 Å². The Morgan fingerprint density at radius 3 is 0.509 bits per heavy atom. The molecule has 1 unspecified atom stereocenters. The van der Waals surface area contributed by atoms with Crippen LogP contribution in [0.5, 0.6) is 0 Å². The van der Waals surface area contributed by atoms with E-state index >= 15 is 0 Å². The molecule has 0 aromatic heterocycles. The van der Waals surface area contributed by atoms with E-state index in [4.69, 9.17) is 0 Å². The fourth-order valence-corrected chi connectivity index (χ4v) is 9.30. The molecule has 331 valence electrons. The first-order valence-electron chi connectivity index (χ1n) is 27.1. The van der Waals surface area contributed by atoms with E-state index < -0.39 is 0 Å². The maximum atomic E-state index is 4.15. The summed E-state index contributed by atoms with van der Waals surface area (Å²) in [5.41, 5.74) is 0. The van der Waals surface area contributed by atoms with E-state index in [1.807, 2.05) is 0 Å². The van der Waals surface area contributed by atoms with Crippen LogP contribution < -0.4 is 0 Å². The standard InChI is InChI=1S/C55H111/c1-4-7-10-12-14-16-18-20-22-24-26-28-29-30-31-33-35-37-39-41-43-45-47-49-51-54-55(52-9-6-3)53-50-48-46-44-42-40-38-36-34-32-27-25-23-21-19-17-15-13-11-8-5-2/h55H,3-54H2,1-2H3. The second-order valence-corrected chi connectivity index (χ2v) is 19.0. The van der Waals surface area contributed by atoms with Crippen molar-refractivity contribution >= 4 is 0 Å². The van der Waals surface area contributed by atoms with Gasteiger partial charge in [-0.05, 0) is 5.92 Å². The molecular weight excluding hydrogens is 661 g/mol. The first kappa shape index (κ1) is 55.0. The van der Waals surface area contributed by atoms with Crippen LogP contribution in [0.3, 0.4) is 0 Å². The Labute approximate surface area is 352 Å². The number of unbranched alkanes of at least 4 members (excludes halogenated alkanes) is 45. The molecule has 1 atom stereocenters. The predicted octanol–water partition coefficient (Wildman–Crippen LogP) is 21.4. The van der Waals surface area contributed by atoms with Crippen molar-refractivity contribution in [3.05, 3.63) is 6.92 Å². The molecule has 0 N–H and O–H groups in total. The Kier molecular flexibility index (Phi) is 52.0. The van der Waals surface area contributed by atoms with Crippen LogP contribution >= 0.6 is 0 Å². The highest BCUT2D eigenvalue weighted by atomic mass is 14.1. The third-order valence-electron chi connectivity index (χ3n) is 13.3. The smallest absolute Gasteiger partial charge is 0.0414 e. The maximum absolute atomic E-state index is 4.15. The number of rotatable bonds is 51. The van der Waals surface area contributed by atoms with Crippen LogP contribution in [0.2, 0.25) is 0 Å². The van der Waals surface area contributed by atoms with E-state index in [0.717, 1.165) is 12.3 Å². The van der Waals surface area contributed by atoms with Crippen LogP contribution in [-0.2, 0) is 0 Å². The lowest BCUT2D eigenvalue weighted by molar-refractivity contribution is 0.372. The average molecular weight is 772 g/mol. The molecule has 0 aromatic carbocycles. The van der Waals surface area contributed by atoms with Gasteiger partial charge in [-0.1, -0.05) is 348 Å². The van der Waals surface area contributed by atoms with Crippen molar-refractivity contribution in [3.63, 3.8) is 0 Å². The van der Waals surface area contributed by atoms with Crippen LogP contribution in [0.25, 0.3) is 0 Å². The van der Waals surface area contributed by atoms with Gasteiger partial charge in [0, 0.05) is 0 Å². The fraction of sp³-hybridized carbons (Fsp3) is 0.982. The molecule has 0 aromatic rings. The van der Waals surface area contributed by atoms with E-state index in [2.05, 4.69) is 20.8 Å². The summed E-state index contributed by atoms with van der Waals surface area (Å²) in [5, 5.41) is 0. The first-order valence-corrected chi connectivity index (χ1v) is 27.1. The summed E-state index contributed by atoms with van der Waals surface area (Å²) < 4.78 is 0. The van der Waals surface area contributed by atoms with Gasteiger partial charge in [-0.3, -0.25) is 0 Å². The van der Waals surface area contributed by atoms with E-state index in [9.17, 15) is 0 Å². The zero-order valence-electron chi connectivity index (χ0n) is 39.3. The van der Waals surface area contributed by atoms with Gasteiger partial charge in [0.05, 0.1) is 0 Å². The summed E-state index contributed by atoms with van der Waals surface area (Å²) in [5.74, 6) is 0.992. The highest BCUT2D eigenvalue weighted by molar-refractivity contribution is 4.63. The zero-order valence-corrected chi connectivity index (χ0v) is 39.3. The number of hydrogen-bond acceptors (Lipinski definition) is 0. The van der Waals surface area contributed by atoms with Gasteiger partial charge in [-0.2, -0.15) is 0 Å².